The van der Waals surface area contributed by atoms with Crippen LogP contribution in [0.25, 0.3) is 10.9 Å². The van der Waals surface area contributed by atoms with Crippen molar-refractivity contribution in [3.05, 3.63) is 82.6 Å². The number of benzene rings is 2. The second kappa shape index (κ2) is 5.31. The molecule has 20 heavy (non-hydrogen) atoms. The highest BCUT2D eigenvalue weighted by atomic mass is 16.1. The Morgan fingerprint density at radius 1 is 0.950 bits per heavy atom. The monoisotopic (exact) mass is 264 g/mol. The van der Waals surface area contributed by atoms with E-state index >= 15 is 0 Å². The molecule has 1 atom stereocenters. The first kappa shape index (κ1) is 12.6. The Morgan fingerprint density at radius 3 is 2.45 bits per heavy atom. The van der Waals surface area contributed by atoms with Crippen molar-refractivity contribution in [1.82, 2.24) is 4.57 Å². The van der Waals surface area contributed by atoms with Crippen LogP contribution in [0.3, 0.4) is 0 Å². The van der Waals surface area contributed by atoms with E-state index in [0.29, 0.717) is 6.54 Å². The zero-order valence-corrected chi connectivity index (χ0v) is 11.1. The van der Waals surface area contributed by atoms with Gasteiger partial charge in [-0.25, -0.2) is 0 Å². The fourth-order valence-electron chi connectivity index (χ4n) is 2.44. The third-order valence-electron chi connectivity index (χ3n) is 3.51. The lowest BCUT2D eigenvalue weighted by Crippen LogP contribution is -2.19. The molecule has 0 bridgehead atoms. The largest absolute Gasteiger partial charge is 0.345 e. The second-order valence-corrected chi connectivity index (χ2v) is 4.87. The molecule has 2 N–H and O–H groups in total. The highest BCUT2D eigenvalue weighted by molar-refractivity contribution is 5.78. The molecule has 0 aliphatic carbocycles. The van der Waals surface area contributed by atoms with Gasteiger partial charge in [-0.2, -0.15) is 0 Å². The summed E-state index contributed by atoms with van der Waals surface area (Å²) >= 11 is 0. The molecular formula is C17H16N2O. The Bertz CT molecular complexity index is 778. The van der Waals surface area contributed by atoms with Crippen molar-refractivity contribution in [3.63, 3.8) is 0 Å². The number of aromatic nitrogens is 1. The first-order chi connectivity index (χ1) is 9.75. The van der Waals surface area contributed by atoms with Gasteiger partial charge in [-0.05, 0) is 17.7 Å². The van der Waals surface area contributed by atoms with Crippen molar-refractivity contribution >= 4 is 10.9 Å². The van der Waals surface area contributed by atoms with E-state index < -0.39 is 0 Å². The van der Waals surface area contributed by atoms with Gasteiger partial charge in [0.2, 0.25) is 0 Å². The van der Waals surface area contributed by atoms with Crippen molar-refractivity contribution in [1.29, 1.82) is 0 Å². The van der Waals surface area contributed by atoms with Crippen LogP contribution in [0.15, 0.2) is 71.7 Å². The van der Waals surface area contributed by atoms with E-state index in [0.717, 1.165) is 16.5 Å². The average Bonchev–Trinajstić information content (AvgIpc) is 2.51. The zero-order chi connectivity index (χ0) is 13.9. The predicted molar refractivity (Wildman–Crippen MR) is 81.6 cm³/mol. The van der Waals surface area contributed by atoms with Crippen LogP contribution in [0, 0.1) is 0 Å². The topological polar surface area (TPSA) is 48.0 Å². The van der Waals surface area contributed by atoms with Crippen molar-refractivity contribution in [2.45, 2.75) is 12.6 Å². The van der Waals surface area contributed by atoms with Gasteiger partial charge in [0.05, 0.1) is 5.52 Å². The Kier molecular flexibility index (Phi) is 3.35. The fourth-order valence-corrected chi connectivity index (χ4v) is 2.44. The molecule has 2 aromatic carbocycles. The summed E-state index contributed by atoms with van der Waals surface area (Å²) in [5, 5.41) is 0.732. The van der Waals surface area contributed by atoms with Gasteiger partial charge in [0.25, 0.3) is 0 Å². The van der Waals surface area contributed by atoms with E-state index in [9.17, 15) is 4.79 Å². The van der Waals surface area contributed by atoms with Gasteiger partial charge in [-0.3, -0.25) is 4.79 Å². The molecular weight excluding hydrogens is 248 g/mol. The minimum absolute atomic E-state index is 0.0464. The molecule has 3 aromatic rings. The molecule has 0 aliphatic heterocycles. The maximum atomic E-state index is 11.8. The van der Waals surface area contributed by atoms with Crippen LogP contribution in [0.5, 0.6) is 0 Å². The third kappa shape index (κ3) is 2.36. The lowest BCUT2D eigenvalue weighted by atomic mass is 10.1. The summed E-state index contributed by atoms with van der Waals surface area (Å²) in [4.78, 5) is 11.8. The Labute approximate surface area is 117 Å². The number of hydrogen-bond donors (Lipinski definition) is 1. The van der Waals surface area contributed by atoms with E-state index in [4.69, 9.17) is 5.73 Å². The summed E-state index contributed by atoms with van der Waals surface area (Å²) in [6, 6.07) is 19.1. The van der Waals surface area contributed by atoms with E-state index in [1.165, 1.54) is 0 Å². The van der Waals surface area contributed by atoms with Crippen LogP contribution in [0.2, 0.25) is 0 Å². The summed E-state index contributed by atoms with van der Waals surface area (Å²) in [7, 11) is 0. The standard InChI is InChI=1S/C17H16N2O/c18-15(13-6-2-1-3-7-13)12-19-11-10-17(20)14-8-4-5-9-16(14)19/h1-11,15H,12,18H2. The van der Waals surface area contributed by atoms with Crippen LogP contribution in [-0.2, 0) is 6.54 Å². The van der Waals surface area contributed by atoms with E-state index in [2.05, 4.69) is 0 Å². The van der Waals surface area contributed by atoms with Gasteiger partial charge in [0.1, 0.15) is 0 Å². The molecule has 0 saturated carbocycles. The minimum atomic E-state index is -0.0953. The summed E-state index contributed by atoms with van der Waals surface area (Å²) < 4.78 is 2.04. The molecule has 0 amide bonds. The molecule has 100 valence electrons. The summed E-state index contributed by atoms with van der Waals surface area (Å²) in [5.41, 5.74) is 8.32. The van der Waals surface area contributed by atoms with Gasteiger partial charge in [0, 0.05) is 30.2 Å². The number of nitrogens with zero attached hydrogens (tertiary/aromatic N) is 1. The number of nitrogens with two attached hydrogens (primary N) is 1. The number of hydrogen-bond acceptors (Lipinski definition) is 2. The molecule has 0 fully saturated rings. The van der Waals surface area contributed by atoms with Gasteiger partial charge in [-0.1, -0.05) is 42.5 Å². The Morgan fingerprint density at radius 2 is 1.65 bits per heavy atom. The van der Waals surface area contributed by atoms with Crippen molar-refractivity contribution in [2.24, 2.45) is 5.73 Å². The quantitative estimate of drug-likeness (QED) is 0.790. The maximum absolute atomic E-state index is 11.8. The molecule has 3 heteroatoms. The molecule has 0 radical (unpaired) electrons. The molecule has 1 aromatic heterocycles. The first-order valence-corrected chi connectivity index (χ1v) is 6.64. The van der Waals surface area contributed by atoms with Gasteiger partial charge in [0.15, 0.2) is 5.43 Å². The van der Waals surface area contributed by atoms with Gasteiger partial charge < -0.3 is 10.3 Å². The maximum Gasteiger partial charge on any atom is 0.189 e. The highest BCUT2D eigenvalue weighted by Crippen LogP contribution is 2.15. The van der Waals surface area contributed by atoms with Crippen LogP contribution in [0.4, 0.5) is 0 Å². The van der Waals surface area contributed by atoms with Gasteiger partial charge >= 0.3 is 0 Å². The zero-order valence-electron chi connectivity index (χ0n) is 11.1. The van der Waals surface area contributed by atoms with Crippen LogP contribution >= 0.6 is 0 Å². The average molecular weight is 264 g/mol. The number of fused-ring (bicyclic) bond motifs is 1. The molecule has 1 unspecified atom stereocenters. The first-order valence-electron chi connectivity index (χ1n) is 6.64. The molecule has 0 saturated heterocycles. The van der Waals surface area contributed by atoms with Crippen molar-refractivity contribution in [2.75, 3.05) is 0 Å². The van der Waals surface area contributed by atoms with Crippen LogP contribution in [0.1, 0.15) is 11.6 Å². The molecule has 0 spiro atoms. The van der Waals surface area contributed by atoms with Crippen molar-refractivity contribution in [3.8, 4) is 0 Å². The van der Waals surface area contributed by atoms with Crippen LogP contribution < -0.4 is 11.2 Å². The van der Waals surface area contributed by atoms with Gasteiger partial charge in [-0.15, -0.1) is 0 Å². The number of para-hydroxylation sites is 1. The summed E-state index contributed by atoms with van der Waals surface area (Å²) in [6.07, 6.45) is 1.81. The normalized spacial score (nSPS) is 12.4. The summed E-state index contributed by atoms with van der Waals surface area (Å²) in [6.45, 7) is 0.644. The SMILES string of the molecule is NC(Cn1ccc(=O)c2ccccc21)c1ccccc1. The lowest BCUT2D eigenvalue weighted by Gasteiger charge is -2.16. The van der Waals surface area contributed by atoms with E-state index in [1.807, 2.05) is 65.4 Å². The third-order valence-corrected chi connectivity index (χ3v) is 3.51. The number of rotatable bonds is 3. The molecule has 1 heterocycles. The highest BCUT2D eigenvalue weighted by Gasteiger charge is 2.08. The van der Waals surface area contributed by atoms with E-state index in [1.54, 1.807) is 6.07 Å². The molecule has 0 aliphatic rings. The minimum Gasteiger partial charge on any atom is -0.345 e. The Balaban J connectivity index is 2.00. The van der Waals surface area contributed by atoms with Crippen molar-refractivity contribution < 1.29 is 0 Å². The summed E-state index contributed by atoms with van der Waals surface area (Å²) in [5.74, 6) is 0. The number of pyridine rings is 1. The van der Waals surface area contributed by atoms with Crippen LogP contribution in [-0.4, -0.2) is 4.57 Å². The predicted octanol–water partition coefficient (Wildman–Crippen LogP) is 2.70. The lowest BCUT2D eigenvalue weighted by molar-refractivity contribution is 0.588. The molecule has 3 rings (SSSR count). The smallest absolute Gasteiger partial charge is 0.189 e. The Hall–Kier alpha value is -2.39. The van der Waals surface area contributed by atoms with E-state index in [-0.39, 0.29) is 11.5 Å². The fraction of sp³-hybridized carbons (Fsp3) is 0.118. The molecule has 3 nitrogen and oxygen atoms in total. The second-order valence-electron chi connectivity index (χ2n) is 4.87.